The molecule has 3 atom stereocenters. The van der Waals surface area contributed by atoms with E-state index in [1.807, 2.05) is 6.92 Å². The standard InChI is InChI=1S/C13H26N2O2/c1-9(2)6-12-8-11(4-5-17-12)15-13(16)7-10(3)14/h9-12H,4-8,14H2,1-3H3,(H,15,16). The van der Waals surface area contributed by atoms with E-state index in [4.69, 9.17) is 10.5 Å². The minimum atomic E-state index is -0.0682. The number of ether oxygens (including phenoxy) is 1. The van der Waals surface area contributed by atoms with Gasteiger partial charge in [0.1, 0.15) is 0 Å². The number of carbonyl (C=O) groups is 1. The summed E-state index contributed by atoms with van der Waals surface area (Å²) in [7, 11) is 0. The van der Waals surface area contributed by atoms with Crippen LogP contribution in [0.15, 0.2) is 0 Å². The van der Waals surface area contributed by atoms with Gasteiger partial charge in [-0.3, -0.25) is 4.79 Å². The maximum Gasteiger partial charge on any atom is 0.221 e. The van der Waals surface area contributed by atoms with Crippen molar-refractivity contribution in [1.82, 2.24) is 5.32 Å². The number of nitrogens with one attached hydrogen (secondary N) is 1. The normalized spacial score (nSPS) is 26.9. The SMILES string of the molecule is CC(C)CC1CC(NC(=O)CC(C)N)CCO1. The van der Waals surface area contributed by atoms with Crippen molar-refractivity contribution < 1.29 is 9.53 Å². The largest absolute Gasteiger partial charge is 0.378 e. The van der Waals surface area contributed by atoms with E-state index in [-0.39, 0.29) is 18.0 Å². The average Bonchev–Trinajstić information content (AvgIpc) is 2.14. The molecule has 0 saturated carbocycles. The highest BCUT2D eigenvalue weighted by Crippen LogP contribution is 2.20. The molecule has 0 aromatic carbocycles. The molecule has 4 heteroatoms. The maximum atomic E-state index is 11.6. The minimum Gasteiger partial charge on any atom is -0.378 e. The van der Waals surface area contributed by atoms with Crippen LogP contribution in [0.1, 0.15) is 46.5 Å². The Morgan fingerprint density at radius 3 is 2.76 bits per heavy atom. The van der Waals surface area contributed by atoms with E-state index in [0.717, 1.165) is 25.9 Å². The van der Waals surface area contributed by atoms with Gasteiger partial charge in [-0.05, 0) is 32.1 Å². The van der Waals surface area contributed by atoms with Gasteiger partial charge in [0.15, 0.2) is 0 Å². The molecule has 1 heterocycles. The van der Waals surface area contributed by atoms with E-state index in [9.17, 15) is 4.79 Å². The molecular weight excluding hydrogens is 216 g/mol. The third-order valence-electron chi connectivity index (χ3n) is 2.97. The lowest BCUT2D eigenvalue weighted by atomic mass is 9.96. The quantitative estimate of drug-likeness (QED) is 0.766. The summed E-state index contributed by atoms with van der Waals surface area (Å²) in [6.07, 6.45) is 3.62. The van der Waals surface area contributed by atoms with Crippen molar-refractivity contribution >= 4 is 5.91 Å². The Morgan fingerprint density at radius 2 is 2.18 bits per heavy atom. The number of hydrogen-bond donors (Lipinski definition) is 2. The summed E-state index contributed by atoms with van der Waals surface area (Å²) >= 11 is 0. The third kappa shape index (κ3) is 6.03. The Bertz CT molecular complexity index is 242. The van der Waals surface area contributed by atoms with Gasteiger partial charge in [0.2, 0.25) is 5.91 Å². The van der Waals surface area contributed by atoms with Crippen molar-refractivity contribution in [3.63, 3.8) is 0 Å². The average molecular weight is 242 g/mol. The van der Waals surface area contributed by atoms with Crippen LogP contribution in [0.5, 0.6) is 0 Å². The fourth-order valence-electron chi connectivity index (χ4n) is 2.28. The molecule has 1 aliphatic rings. The van der Waals surface area contributed by atoms with Crippen LogP contribution in [0, 0.1) is 5.92 Å². The third-order valence-corrected chi connectivity index (χ3v) is 2.97. The second-order valence-corrected chi connectivity index (χ2v) is 5.59. The van der Waals surface area contributed by atoms with E-state index in [2.05, 4.69) is 19.2 Å². The van der Waals surface area contributed by atoms with Crippen molar-refractivity contribution in [2.75, 3.05) is 6.61 Å². The maximum absolute atomic E-state index is 11.6. The summed E-state index contributed by atoms with van der Waals surface area (Å²) < 4.78 is 5.71. The van der Waals surface area contributed by atoms with Gasteiger partial charge in [-0.15, -0.1) is 0 Å². The highest BCUT2D eigenvalue weighted by molar-refractivity contribution is 5.76. The second-order valence-electron chi connectivity index (χ2n) is 5.59. The zero-order chi connectivity index (χ0) is 12.8. The van der Waals surface area contributed by atoms with E-state index in [0.29, 0.717) is 18.4 Å². The topological polar surface area (TPSA) is 64.4 Å². The van der Waals surface area contributed by atoms with Crippen LogP contribution in [-0.4, -0.2) is 30.7 Å². The molecule has 17 heavy (non-hydrogen) atoms. The van der Waals surface area contributed by atoms with Crippen molar-refractivity contribution in [2.45, 2.75) is 64.6 Å². The molecule has 1 saturated heterocycles. The Hall–Kier alpha value is -0.610. The molecule has 0 aromatic heterocycles. The van der Waals surface area contributed by atoms with Crippen molar-refractivity contribution in [1.29, 1.82) is 0 Å². The Balaban J connectivity index is 2.31. The number of carbonyl (C=O) groups excluding carboxylic acids is 1. The first-order valence-electron chi connectivity index (χ1n) is 6.64. The molecule has 0 aromatic rings. The number of hydrogen-bond acceptors (Lipinski definition) is 3. The Morgan fingerprint density at radius 1 is 1.47 bits per heavy atom. The second kappa shape index (κ2) is 6.97. The van der Waals surface area contributed by atoms with Gasteiger partial charge in [0, 0.05) is 25.1 Å². The van der Waals surface area contributed by atoms with E-state index in [1.165, 1.54) is 0 Å². The van der Waals surface area contributed by atoms with Gasteiger partial charge in [-0.1, -0.05) is 13.8 Å². The van der Waals surface area contributed by atoms with Crippen molar-refractivity contribution in [2.24, 2.45) is 11.7 Å². The molecule has 0 spiro atoms. The zero-order valence-electron chi connectivity index (χ0n) is 11.2. The molecule has 3 unspecified atom stereocenters. The smallest absolute Gasteiger partial charge is 0.221 e. The Labute approximate surface area is 104 Å². The van der Waals surface area contributed by atoms with Crippen molar-refractivity contribution in [3.8, 4) is 0 Å². The molecule has 0 aliphatic carbocycles. The lowest BCUT2D eigenvalue weighted by Crippen LogP contribution is -2.43. The number of rotatable bonds is 5. The van der Waals surface area contributed by atoms with Crippen molar-refractivity contribution in [3.05, 3.63) is 0 Å². The van der Waals surface area contributed by atoms with Gasteiger partial charge in [0.25, 0.3) is 0 Å². The lowest BCUT2D eigenvalue weighted by Gasteiger charge is -2.31. The van der Waals surface area contributed by atoms with Crippen LogP contribution in [0.3, 0.4) is 0 Å². The summed E-state index contributed by atoms with van der Waals surface area (Å²) in [5, 5.41) is 3.05. The van der Waals surface area contributed by atoms with E-state index in [1.54, 1.807) is 0 Å². The van der Waals surface area contributed by atoms with Gasteiger partial charge in [-0.2, -0.15) is 0 Å². The van der Waals surface area contributed by atoms with E-state index >= 15 is 0 Å². The zero-order valence-corrected chi connectivity index (χ0v) is 11.2. The van der Waals surface area contributed by atoms with Gasteiger partial charge < -0.3 is 15.8 Å². The minimum absolute atomic E-state index is 0.0650. The number of amides is 1. The fourth-order valence-corrected chi connectivity index (χ4v) is 2.28. The monoisotopic (exact) mass is 242 g/mol. The summed E-state index contributed by atoms with van der Waals surface area (Å²) in [6, 6.07) is 0.194. The molecule has 0 radical (unpaired) electrons. The van der Waals surface area contributed by atoms with Gasteiger partial charge in [-0.25, -0.2) is 0 Å². The van der Waals surface area contributed by atoms with Crippen LogP contribution in [-0.2, 0) is 9.53 Å². The predicted molar refractivity (Wildman–Crippen MR) is 68.6 cm³/mol. The molecule has 0 bridgehead atoms. The van der Waals surface area contributed by atoms with Crippen LogP contribution >= 0.6 is 0 Å². The first kappa shape index (κ1) is 14.5. The van der Waals surface area contributed by atoms with Crippen LogP contribution in [0.2, 0.25) is 0 Å². The molecular formula is C13H26N2O2. The molecule has 1 amide bonds. The molecule has 4 nitrogen and oxygen atoms in total. The molecule has 1 aliphatic heterocycles. The van der Waals surface area contributed by atoms with Gasteiger partial charge in [0.05, 0.1) is 6.10 Å². The summed E-state index contributed by atoms with van der Waals surface area (Å²) in [6.45, 7) is 6.99. The highest BCUT2D eigenvalue weighted by Gasteiger charge is 2.24. The van der Waals surface area contributed by atoms with E-state index < -0.39 is 0 Å². The van der Waals surface area contributed by atoms with Gasteiger partial charge >= 0.3 is 0 Å². The number of nitrogens with two attached hydrogens (primary N) is 1. The first-order chi connectivity index (χ1) is 7.97. The molecule has 100 valence electrons. The summed E-state index contributed by atoms with van der Waals surface area (Å²) in [4.78, 5) is 11.6. The van der Waals surface area contributed by atoms with Crippen LogP contribution in [0.25, 0.3) is 0 Å². The molecule has 1 rings (SSSR count). The fraction of sp³-hybridized carbons (Fsp3) is 0.923. The first-order valence-corrected chi connectivity index (χ1v) is 6.64. The summed E-state index contributed by atoms with van der Waals surface area (Å²) in [5.41, 5.74) is 5.61. The molecule has 1 fully saturated rings. The highest BCUT2D eigenvalue weighted by atomic mass is 16.5. The van der Waals surface area contributed by atoms with Crippen LogP contribution < -0.4 is 11.1 Å². The predicted octanol–water partition coefficient (Wildman–Crippen LogP) is 1.43. The Kier molecular flexibility index (Phi) is 5.92. The lowest BCUT2D eigenvalue weighted by molar-refractivity contribution is -0.123. The van der Waals surface area contributed by atoms with Crippen LogP contribution in [0.4, 0.5) is 0 Å². The summed E-state index contributed by atoms with van der Waals surface area (Å²) in [5.74, 6) is 0.703. The molecule has 3 N–H and O–H groups in total.